The van der Waals surface area contributed by atoms with E-state index in [0.717, 1.165) is 0 Å². The zero-order chi connectivity index (χ0) is 17.3. The molecule has 126 valence electrons. The number of aryl methyl sites for hydroxylation is 1. The summed E-state index contributed by atoms with van der Waals surface area (Å²) in [7, 11) is 0. The second-order valence-electron chi connectivity index (χ2n) is 6.30. The molecular weight excluding hydrogens is 327 g/mol. The van der Waals surface area contributed by atoms with Crippen molar-refractivity contribution < 1.29 is 9.18 Å². The Bertz CT molecular complexity index is 751. The first-order chi connectivity index (χ1) is 11.5. The first-order valence-electron chi connectivity index (χ1n) is 8.01. The highest BCUT2D eigenvalue weighted by atomic mass is 35.5. The van der Waals surface area contributed by atoms with Crippen LogP contribution in [0, 0.1) is 18.7 Å². The molecule has 0 aromatic heterocycles. The van der Waals surface area contributed by atoms with E-state index in [1.807, 2.05) is 18.2 Å². The molecule has 1 heterocycles. The van der Waals surface area contributed by atoms with Gasteiger partial charge in [-0.05, 0) is 42.6 Å². The quantitative estimate of drug-likeness (QED) is 0.923. The van der Waals surface area contributed by atoms with Gasteiger partial charge in [0.1, 0.15) is 5.82 Å². The molecule has 1 aliphatic heterocycles. The van der Waals surface area contributed by atoms with Crippen LogP contribution in [0.15, 0.2) is 42.5 Å². The monoisotopic (exact) mass is 346 g/mol. The van der Waals surface area contributed by atoms with E-state index in [-0.39, 0.29) is 22.8 Å². The SMILES string of the molecule is Cc1cc(C(=O)N2C[C@@H](CN)[C@H](c3ccccc3)C2)c(Cl)cc1F. The molecule has 2 aromatic carbocycles. The van der Waals surface area contributed by atoms with Crippen LogP contribution in [0.1, 0.15) is 27.4 Å². The molecule has 2 aromatic rings. The highest BCUT2D eigenvalue weighted by Crippen LogP contribution is 2.33. The summed E-state index contributed by atoms with van der Waals surface area (Å²) < 4.78 is 13.6. The molecule has 0 radical (unpaired) electrons. The van der Waals surface area contributed by atoms with Gasteiger partial charge in [-0.3, -0.25) is 4.79 Å². The fourth-order valence-corrected chi connectivity index (χ4v) is 3.58. The molecule has 1 aliphatic rings. The molecule has 0 saturated carbocycles. The lowest BCUT2D eigenvalue weighted by Gasteiger charge is -2.18. The van der Waals surface area contributed by atoms with Gasteiger partial charge in [0.25, 0.3) is 5.91 Å². The number of rotatable bonds is 3. The molecule has 24 heavy (non-hydrogen) atoms. The van der Waals surface area contributed by atoms with Crippen molar-refractivity contribution in [3.05, 3.63) is 70.0 Å². The normalized spacial score (nSPS) is 20.4. The van der Waals surface area contributed by atoms with Crippen molar-refractivity contribution in [2.24, 2.45) is 11.7 Å². The van der Waals surface area contributed by atoms with Gasteiger partial charge in [0.05, 0.1) is 10.6 Å². The summed E-state index contributed by atoms with van der Waals surface area (Å²) in [6.45, 7) is 3.32. The number of hydrogen-bond donors (Lipinski definition) is 1. The number of benzene rings is 2. The Morgan fingerprint density at radius 3 is 2.67 bits per heavy atom. The van der Waals surface area contributed by atoms with E-state index in [1.165, 1.54) is 17.7 Å². The summed E-state index contributed by atoms with van der Waals surface area (Å²) in [5, 5.41) is 0.149. The summed E-state index contributed by atoms with van der Waals surface area (Å²) in [6.07, 6.45) is 0. The summed E-state index contributed by atoms with van der Waals surface area (Å²) in [4.78, 5) is 14.6. The summed E-state index contributed by atoms with van der Waals surface area (Å²) >= 11 is 6.09. The van der Waals surface area contributed by atoms with Crippen molar-refractivity contribution >= 4 is 17.5 Å². The minimum Gasteiger partial charge on any atom is -0.338 e. The van der Waals surface area contributed by atoms with Crippen molar-refractivity contribution in [2.75, 3.05) is 19.6 Å². The lowest BCUT2D eigenvalue weighted by Crippen LogP contribution is -2.30. The van der Waals surface area contributed by atoms with Crippen LogP contribution in [-0.2, 0) is 0 Å². The van der Waals surface area contributed by atoms with Gasteiger partial charge >= 0.3 is 0 Å². The van der Waals surface area contributed by atoms with Crippen LogP contribution in [0.25, 0.3) is 0 Å². The first kappa shape index (κ1) is 16.9. The summed E-state index contributed by atoms with van der Waals surface area (Å²) in [6, 6.07) is 12.8. The van der Waals surface area contributed by atoms with Gasteiger partial charge in [0, 0.05) is 19.0 Å². The molecule has 3 nitrogen and oxygen atoms in total. The second kappa shape index (κ2) is 6.91. The number of halogens is 2. The van der Waals surface area contributed by atoms with Crippen LogP contribution in [-0.4, -0.2) is 30.4 Å². The Hall–Kier alpha value is -1.91. The third-order valence-corrected chi connectivity index (χ3v) is 5.05. The Morgan fingerprint density at radius 2 is 2.00 bits per heavy atom. The summed E-state index contributed by atoms with van der Waals surface area (Å²) in [5.41, 5.74) is 7.87. The molecule has 0 bridgehead atoms. The van der Waals surface area contributed by atoms with E-state index < -0.39 is 5.82 Å². The second-order valence-corrected chi connectivity index (χ2v) is 6.71. The molecule has 0 spiro atoms. The van der Waals surface area contributed by atoms with E-state index in [2.05, 4.69) is 12.1 Å². The average molecular weight is 347 g/mol. The predicted molar refractivity (Wildman–Crippen MR) is 93.8 cm³/mol. The molecule has 2 atom stereocenters. The molecule has 1 amide bonds. The Kier molecular flexibility index (Phi) is 4.88. The molecule has 0 unspecified atom stereocenters. The van der Waals surface area contributed by atoms with Crippen molar-refractivity contribution in [3.63, 3.8) is 0 Å². The van der Waals surface area contributed by atoms with Gasteiger partial charge in [0.2, 0.25) is 0 Å². The van der Waals surface area contributed by atoms with Gasteiger partial charge in [0.15, 0.2) is 0 Å². The Labute approximate surface area is 146 Å². The van der Waals surface area contributed by atoms with E-state index in [4.69, 9.17) is 17.3 Å². The standard InChI is InChI=1S/C19H20ClFN2O/c1-12-7-15(17(20)8-18(12)21)19(24)23-10-14(9-22)16(11-23)13-5-3-2-4-6-13/h2-8,14,16H,9-11,22H2,1H3/t14-,16+/m1/s1. The zero-order valence-electron chi connectivity index (χ0n) is 13.5. The number of nitrogens with two attached hydrogens (primary N) is 1. The smallest absolute Gasteiger partial charge is 0.255 e. The van der Waals surface area contributed by atoms with Crippen LogP contribution in [0.3, 0.4) is 0 Å². The molecule has 3 rings (SSSR count). The Morgan fingerprint density at radius 1 is 1.29 bits per heavy atom. The third kappa shape index (κ3) is 3.17. The zero-order valence-corrected chi connectivity index (χ0v) is 14.3. The van der Waals surface area contributed by atoms with E-state index >= 15 is 0 Å². The van der Waals surface area contributed by atoms with Gasteiger partial charge < -0.3 is 10.6 Å². The molecule has 1 saturated heterocycles. The van der Waals surface area contributed by atoms with E-state index in [0.29, 0.717) is 30.8 Å². The van der Waals surface area contributed by atoms with Gasteiger partial charge in [-0.25, -0.2) is 4.39 Å². The number of carbonyl (C=O) groups is 1. The minimum absolute atomic E-state index is 0.149. The molecule has 1 fully saturated rings. The largest absolute Gasteiger partial charge is 0.338 e. The van der Waals surface area contributed by atoms with Crippen molar-refractivity contribution in [2.45, 2.75) is 12.8 Å². The van der Waals surface area contributed by atoms with Gasteiger partial charge in [-0.15, -0.1) is 0 Å². The number of nitrogens with zero attached hydrogens (tertiary/aromatic N) is 1. The van der Waals surface area contributed by atoms with Gasteiger partial charge in [-0.1, -0.05) is 41.9 Å². The first-order valence-corrected chi connectivity index (χ1v) is 8.39. The Balaban J connectivity index is 1.86. The minimum atomic E-state index is -0.403. The number of amides is 1. The topological polar surface area (TPSA) is 46.3 Å². The maximum Gasteiger partial charge on any atom is 0.255 e. The maximum atomic E-state index is 13.6. The van der Waals surface area contributed by atoms with Crippen LogP contribution in [0.2, 0.25) is 5.02 Å². The van der Waals surface area contributed by atoms with E-state index in [9.17, 15) is 9.18 Å². The number of likely N-dealkylation sites (tertiary alicyclic amines) is 1. The number of hydrogen-bond acceptors (Lipinski definition) is 2. The van der Waals surface area contributed by atoms with Crippen LogP contribution < -0.4 is 5.73 Å². The van der Waals surface area contributed by atoms with Crippen LogP contribution in [0.5, 0.6) is 0 Å². The molecule has 2 N–H and O–H groups in total. The predicted octanol–water partition coefficient (Wildman–Crippen LogP) is 3.60. The van der Waals surface area contributed by atoms with Crippen molar-refractivity contribution in [3.8, 4) is 0 Å². The van der Waals surface area contributed by atoms with Crippen molar-refractivity contribution in [1.29, 1.82) is 0 Å². The summed E-state index contributed by atoms with van der Waals surface area (Å²) in [5.74, 6) is -0.155. The molecule has 5 heteroatoms. The van der Waals surface area contributed by atoms with Crippen molar-refractivity contribution in [1.82, 2.24) is 4.90 Å². The maximum absolute atomic E-state index is 13.6. The highest BCUT2D eigenvalue weighted by molar-refractivity contribution is 6.33. The lowest BCUT2D eigenvalue weighted by molar-refractivity contribution is 0.0786. The highest BCUT2D eigenvalue weighted by Gasteiger charge is 2.36. The van der Waals surface area contributed by atoms with Crippen LogP contribution >= 0.6 is 11.6 Å². The average Bonchev–Trinajstić information content (AvgIpc) is 3.02. The van der Waals surface area contributed by atoms with Crippen LogP contribution in [0.4, 0.5) is 4.39 Å². The molecular formula is C19H20ClFN2O. The lowest BCUT2D eigenvalue weighted by atomic mass is 9.89. The van der Waals surface area contributed by atoms with E-state index in [1.54, 1.807) is 11.8 Å². The fourth-order valence-electron chi connectivity index (χ4n) is 3.35. The fraction of sp³-hybridized carbons (Fsp3) is 0.316. The number of carbonyl (C=O) groups excluding carboxylic acids is 1. The van der Waals surface area contributed by atoms with Gasteiger partial charge in [-0.2, -0.15) is 0 Å². The third-order valence-electron chi connectivity index (χ3n) is 4.74. The molecule has 0 aliphatic carbocycles.